The fourth-order valence-electron chi connectivity index (χ4n) is 3.23. The van der Waals surface area contributed by atoms with Crippen LogP contribution in [0.2, 0.25) is 0 Å². The molecular weight excluding hydrogens is 424 g/mol. The number of rotatable bonds is 5. The van der Waals surface area contributed by atoms with E-state index < -0.39 is 17.2 Å². The summed E-state index contributed by atoms with van der Waals surface area (Å²) in [6.45, 7) is 1.93. The van der Waals surface area contributed by atoms with E-state index in [2.05, 4.69) is 10.3 Å². The molecule has 3 heterocycles. The van der Waals surface area contributed by atoms with Crippen molar-refractivity contribution in [2.75, 3.05) is 0 Å². The molecule has 3 aromatic heterocycles. The molecule has 9 heteroatoms. The molecular formula is C22H17F2N3O3S. The zero-order valence-electron chi connectivity index (χ0n) is 16.4. The predicted molar refractivity (Wildman–Crippen MR) is 113 cm³/mol. The molecule has 6 nitrogen and oxygen atoms in total. The first-order valence-electron chi connectivity index (χ1n) is 9.32. The zero-order chi connectivity index (χ0) is 22.1. The molecule has 0 spiro atoms. The Morgan fingerprint density at radius 3 is 2.61 bits per heavy atom. The van der Waals surface area contributed by atoms with Crippen LogP contribution < -0.4 is 10.9 Å². The van der Waals surface area contributed by atoms with Crippen LogP contribution in [0.5, 0.6) is 5.75 Å². The van der Waals surface area contributed by atoms with Crippen molar-refractivity contribution >= 4 is 22.1 Å². The third kappa shape index (κ3) is 4.04. The normalized spacial score (nSPS) is 11.1. The number of aromatic hydroxyl groups is 1. The standard InChI is InChI=1S/C22H17F2N3O3S/c1-12-19(28)15(8-14-2-3-16(23)17(24)9-14)21(30)27-11-18(31-22(12)27)20(29)26-10-13-4-6-25-7-5-13/h2-7,9,11,28H,8,10H2,1H3,(H,26,29). The summed E-state index contributed by atoms with van der Waals surface area (Å²) < 4.78 is 28.0. The van der Waals surface area contributed by atoms with Gasteiger partial charge >= 0.3 is 0 Å². The minimum Gasteiger partial charge on any atom is -0.507 e. The Bertz CT molecular complexity index is 1350. The van der Waals surface area contributed by atoms with Crippen LogP contribution in [0.1, 0.15) is 31.9 Å². The number of hydrogen-bond acceptors (Lipinski definition) is 5. The van der Waals surface area contributed by atoms with Crippen LogP contribution in [-0.4, -0.2) is 20.4 Å². The van der Waals surface area contributed by atoms with Gasteiger partial charge in [-0.3, -0.25) is 19.0 Å². The van der Waals surface area contributed by atoms with Crippen LogP contribution in [0.3, 0.4) is 0 Å². The van der Waals surface area contributed by atoms with Crippen molar-refractivity contribution in [1.29, 1.82) is 0 Å². The fourth-order valence-corrected chi connectivity index (χ4v) is 4.24. The SMILES string of the molecule is Cc1c(O)c(Cc2ccc(F)c(F)c2)c(=O)n2cc(C(=O)NCc3ccncc3)sc12. The maximum Gasteiger partial charge on any atom is 0.263 e. The lowest BCUT2D eigenvalue weighted by Crippen LogP contribution is -2.22. The number of aryl methyl sites for hydroxylation is 1. The Morgan fingerprint density at radius 1 is 1.16 bits per heavy atom. The number of hydrogen-bond donors (Lipinski definition) is 2. The van der Waals surface area contributed by atoms with E-state index in [-0.39, 0.29) is 23.6 Å². The summed E-state index contributed by atoms with van der Waals surface area (Å²) in [6, 6.07) is 6.88. The molecule has 1 amide bonds. The topological polar surface area (TPSA) is 83.7 Å². The Labute approximate surface area is 179 Å². The van der Waals surface area contributed by atoms with Gasteiger partial charge in [-0.05, 0) is 42.3 Å². The lowest BCUT2D eigenvalue weighted by Gasteiger charge is -2.09. The molecule has 1 aromatic carbocycles. The summed E-state index contributed by atoms with van der Waals surface area (Å²) in [5, 5.41) is 13.4. The van der Waals surface area contributed by atoms with Crippen molar-refractivity contribution < 1.29 is 18.7 Å². The predicted octanol–water partition coefficient (Wildman–Crippen LogP) is 3.57. The fraction of sp³-hybridized carbons (Fsp3) is 0.136. The molecule has 0 saturated heterocycles. The maximum absolute atomic E-state index is 13.5. The Morgan fingerprint density at radius 2 is 1.90 bits per heavy atom. The summed E-state index contributed by atoms with van der Waals surface area (Å²) in [5.74, 6) is -2.60. The van der Waals surface area contributed by atoms with E-state index in [1.54, 1.807) is 31.5 Å². The van der Waals surface area contributed by atoms with Crippen molar-refractivity contribution in [2.45, 2.75) is 19.9 Å². The van der Waals surface area contributed by atoms with E-state index in [0.29, 0.717) is 27.4 Å². The molecule has 2 N–H and O–H groups in total. The van der Waals surface area contributed by atoms with Gasteiger partial charge in [0.15, 0.2) is 11.6 Å². The van der Waals surface area contributed by atoms with Crippen LogP contribution in [0.4, 0.5) is 8.78 Å². The van der Waals surface area contributed by atoms with E-state index >= 15 is 0 Å². The van der Waals surface area contributed by atoms with E-state index in [1.807, 2.05) is 0 Å². The minimum absolute atomic E-state index is 0.0440. The monoisotopic (exact) mass is 441 g/mol. The van der Waals surface area contributed by atoms with Gasteiger partial charge in [0.25, 0.3) is 11.5 Å². The van der Waals surface area contributed by atoms with Crippen molar-refractivity contribution in [1.82, 2.24) is 14.7 Å². The second kappa shape index (κ2) is 8.27. The Balaban J connectivity index is 1.66. The van der Waals surface area contributed by atoms with Crippen LogP contribution in [0.25, 0.3) is 4.83 Å². The molecule has 0 bridgehead atoms. The Kier molecular flexibility index (Phi) is 5.51. The van der Waals surface area contributed by atoms with Crippen molar-refractivity contribution in [3.63, 3.8) is 0 Å². The highest BCUT2D eigenvalue weighted by Crippen LogP contribution is 2.29. The number of nitrogens with one attached hydrogen (secondary N) is 1. The molecule has 0 unspecified atom stereocenters. The molecule has 0 fully saturated rings. The van der Waals surface area contributed by atoms with E-state index in [4.69, 9.17) is 0 Å². The number of nitrogens with zero attached hydrogens (tertiary/aromatic N) is 2. The third-order valence-electron chi connectivity index (χ3n) is 4.90. The van der Waals surface area contributed by atoms with E-state index in [1.165, 1.54) is 16.7 Å². The van der Waals surface area contributed by atoms with E-state index in [0.717, 1.165) is 29.0 Å². The van der Waals surface area contributed by atoms with Crippen LogP contribution in [0.15, 0.2) is 53.7 Å². The number of aromatic nitrogens is 2. The molecule has 0 saturated carbocycles. The highest BCUT2D eigenvalue weighted by molar-refractivity contribution is 7.19. The quantitative estimate of drug-likeness (QED) is 0.496. The first-order valence-corrected chi connectivity index (χ1v) is 10.1. The number of carbonyl (C=O) groups excluding carboxylic acids is 1. The smallest absolute Gasteiger partial charge is 0.263 e. The molecule has 0 aliphatic rings. The summed E-state index contributed by atoms with van der Waals surface area (Å²) in [5.41, 5.74) is 1.17. The van der Waals surface area contributed by atoms with Crippen LogP contribution in [-0.2, 0) is 13.0 Å². The molecule has 0 aliphatic carbocycles. The lowest BCUT2D eigenvalue weighted by atomic mass is 10.0. The minimum atomic E-state index is -1.03. The third-order valence-corrected chi connectivity index (χ3v) is 6.11. The Hall–Kier alpha value is -3.59. The molecule has 31 heavy (non-hydrogen) atoms. The summed E-state index contributed by atoms with van der Waals surface area (Å²) >= 11 is 1.08. The summed E-state index contributed by atoms with van der Waals surface area (Å²) in [7, 11) is 0. The van der Waals surface area contributed by atoms with Gasteiger partial charge < -0.3 is 10.4 Å². The van der Waals surface area contributed by atoms with Crippen LogP contribution >= 0.6 is 11.3 Å². The van der Waals surface area contributed by atoms with E-state index in [9.17, 15) is 23.5 Å². The zero-order valence-corrected chi connectivity index (χ0v) is 17.2. The average Bonchev–Trinajstić information content (AvgIpc) is 3.23. The largest absolute Gasteiger partial charge is 0.507 e. The first kappa shape index (κ1) is 20.7. The second-order valence-corrected chi connectivity index (χ2v) is 8.02. The van der Waals surface area contributed by atoms with Gasteiger partial charge in [-0.2, -0.15) is 0 Å². The van der Waals surface area contributed by atoms with Crippen molar-refractivity contribution in [3.05, 3.63) is 98.0 Å². The van der Waals surface area contributed by atoms with Crippen LogP contribution in [0, 0.1) is 18.6 Å². The molecule has 4 aromatic rings. The maximum atomic E-state index is 13.5. The number of fused-ring (bicyclic) bond motifs is 1. The van der Waals surface area contributed by atoms with Crippen molar-refractivity contribution in [3.8, 4) is 5.75 Å². The number of pyridine rings is 2. The second-order valence-electron chi connectivity index (χ2n) is 6.99. The van der Waals surface area contributed by atoms with Gasteiger partial charge in [-0.1, -0.05) is 6.07 Å². The molecule has 158 valence electrons. The summed E-state index contributed by atoms with van der Waals surface area (Å²) in [4.78, 5) is 30.2. The molecule has 0 aliphatic heterocycles. The lowest BCUT2D eigenvalue weighted by molar-refractivity contribution is 0.0954. The number of thiazole rings is 1. The molecule has 0 radical (unpaired) electrons. The number of halogens is 2. The average molecular weight is 441 g/mol. The highest BCUT2D eigenvalue weighted by Gasteiger charge is 2.20. The highest BCUT2D eigenvalue weighted by atomic mass is 32.1. The summed E-state index contributed by atoms with van der Waals surface area (Å²) in [6.07, 6.45) is 4.60. The molecule has 4 rings (SSSR count). The van der Waals surface area contributed by atoms with Gasteiger partial charge in [0.2, 0.25) is 0 Å². The van der Waals surface area contributed by atoms with Crippen molar-refractivity contribution in [2.24, 2.45) is 0 Å². The number of carbonyl (C=O) groups is 1. The first-order chi connectivity index (χ1) is 14.8. The van der Waals surface area contributed by atoms with Gasteiger partial charge in [0, 0.05) is 37.1 Å². The van der Waals surface area contributed by atoms with Gasteiger partial charge in [-0.15, -0.1) is 11.3 Å². The molecule has 0 atom stereocenters. The van der Waals surface area contributed by atoms with Gasteiger partial charge in [0.05, 0.1) is 5.56 Å². The number of amides is 1. The van der Waals surface area contributed by atoms with Gasteiger partial charge in [-0.25, -0.2) is 8.78 Å². The van der Waals surface area contributed by atoms with Gasteiger partial charge in [0.1, 0.15) is 15.5 Å². The number of benzene rings is 1.